The summed E-state index contributed by atoms with van der Waals surface area (Å²) < 4.78 is 6.09. The highest BCUT2D eigenvalue weighted by Gasteiger charge is 2.29. The molecule has 0 heterocycles. The van der Waals surface area contributed by atoms with Crippen LogP contribution in [-0.4, -0.2) is 11.3 Å². The number of aryl methyl sites for hydroxylation is 1. The van der Waals surface area contributed by atoms with E-state index in [1.54, 1.807) is 0 Å². The molecule has 0 aromatic heterocycles. The number of hydrogen-bond donors (Lipinski definition) is 0. The smallest absolute Gasteiger partial charge is 0.262 e. The standard InChI is InChI=1S/C21H33ClO2/c1-9-17(19(22)23)24-18-14(4)12-15(20(5,6)10-2)13-16(18)21(7,8)11-3/h12-13,17H,9-11H2,1-8H3. The van der Waals surface area contributed by atoms with Crippen LogP contribution in [0.1, 0.15) is 84.4 Å². The summed E-state index contributed by atoms with van der Waals surface area (Å²) in [5.41, 5.74) is 3.62. The maximum atomic E-state index is 11.6. The van der Waals surface area contributed by atoms with E-state index in [4.69, 9.17) is 16.3 Å². The number of benzene rings is 1. The lowest BCUT2D eigenvalue weighted by Crippen LogP contribution is -2.27. The highest BCUT2D eigenvalue weighted by Crippen LogP contribution is 2.41. The van der Waals surface area contributed by atoms with Crippen molar-refractivity contribution in [1.82, 2.24) is 0 Å². The van der Waals surface area contributed by atoms with E-state index < -0.39 is 11.3 Å². The molecule has 3 heteroatoms. The zero-order valence-electron chi connectivity index (χ0n) is 16.5. The Hall–Kier alpha value is -1.02. The first-order chi connectivity index (χ1) is 11.0. The molecule has 1 aromatic carbocycles. The van der Waals surface area contributed by atoms with Crippen molar-refractivity contribution in [2.24, 2.45) is 0 Å². The van der Waals surface area contributed by atoms with Crippen molar-refractivity contribution in [3.05, 3.63) is 28.8 Å². The molecule has 0 amide bonds. The van der Waals surface area contributed by atoms with Crippen LogP contribution in [0, 0.1) is 6.92 Å². The van der Waals surface area contributed by atoms with Crippen molar-refractivity contribution < 1.29 is 9.53 Å². The normalized spacial score (nSPS) is 13.7. The number of rotatable bonds is 8. The largest absolute Gasteiger partial charge is 0.481 e. The van der Waals surface area contributed by atoms with Gasteiger partial charge in [-0.3, -0.25) is 4.79 Å². The first-order valence-electron chi connectivity index (χ1n) is 9.01. The summed E-state index contributed by atoms with van der Waals surface area (Å²) >= 11 is 5.71. The number of ether oxygens (including phenoxy) is 1. The molecule has 0 aliphatic heterocycles. The first kappa shape index (κ1) is 21.0. The monoisotopic (exact) mass is 352 g/mol. The molecule has 0 spiro atoms. The summed E-state index contributed by atoms with van der Waals surface area (Å²) in [4.78, 5) is 11.6. The average Bonchev–Trinajstić information content (AvgIpc) is 2.52. The van der Waals surface area contributed by atoms with Gasteiger partial charge < -0.3 is 4.74 Å². The van der Waals surface area contributed by atoms with Gasteiger partial charge in [-0.05, 0) is 59.7 Å². The molecular formula is C21H33ClO2. The second-order valence-electron chi connectivity index (χ2n) is 7.96. The molecule has 0 saturated carbocycles. The third kappa shape index (κ3) is 4.53. The van der Waals surface area contributed by atoms with Crippen LogP contribution in [0.3, 0.4) is 0 Å². The Balaban J connectivity index is 3.55. The highest BCUT2D eigenvalue weighted by atomic mass is 35.5. The van der Waals surface area contributed by atoms with E-state index in [0.717, 1.165) is 29.7 Å². The first-order valence-corrected chi connectivity index (χ1v) is 9.39. The molecule has 2 nitrogen and oxygen atoms in total. The van der Waals surface area contributed by atoms with Crippen molar-refractivity contribution in [2.75, 3.05) is 0 Å². The van der Waals surface area contributed by atoms with Crippen molar-refractivity contribution >= 4 is 16.8 Å². The zero-order valence-corrected chi connectivity index (χ0v) is 17.3. The van der Waals surface area contributed by atoms with E-state index in [-0.39, 0.29) is 10.8 Å². The Kier molecular flexibility index (Phi) is 6.93. The topological polar surface area (TPSA) is 26.3 Å². The van der Waals surface area contributed by atoms with E-state index in [9.17, 15) is 4.79 Å². The molecule has 0 N–H and O–H groups in total. The van der Waals surface area contributed by atoms with E-state index in [2.05, 4.69) is 60.6 Å². The number of carbonyl (C=O) groups excluding carboxylic acids is 1. The predicted octanol–water partition coefficient (Wildman–Crippen LogP) is 6.29. The van der Waals surface area contributed by atoms with Crippen LogP contribution in [0.2, 0.25) is 0 Å². The van der Waals surface area contributed by atoms with Gasteiger partial charge in [-0.25, -0.2) is 0 Å². The maximum Gasteiger partial charge on any atom is 0.262 e. The molecule has 1 atom stereocenters. The summed E-state index contributed by atoms with van der Waals surface area (Å²) in [5.74, 6) is 0.818. The molecule has 24 heavy (non-hydrogen) atoms. The van der Waals surface area contributed by atoms with Crippen LogP contribution >= 0.6 is 11.6 Å². The summed E-state index contributed by atoms with van der Waals surface area (Å²) in [6, 6.07) is 4.46. The van der Waals surface area contributed by atoms with E-state index in [1.807, 2.05) is 6.92 Å². The van der Waals surface area contributed by atoms with Crippen molar-refractivity contribution in [3.8, 4) is 5.75 Å². The van der Waals surface area contributed by atoms with E-state index in [0.29, 0.717) is 6.42 Å². The molecule has 1 rings (SSSR count). The van der Waals surface area contributed by atoms with E-state index >= 15 is 0 Å². The van der Waals surface area contributed by atoms with E-state index in [1.165, 1.54) is 5.56 Å². The molecule has 0 aliphatic rings. The van der Waals surface area contributed by atoms with Crippen LogP contribution in [0.15, 0.2) is 12.1 Å². The maximum absolute atomic E-state index is 11.6. The summed E-state index contributed by atoms with van der Waals surface area (Å²) in [6.45, 7) is 17.3. The van der Waals surface area contributed by atoms with Gasteiger partial charge in [0.15, 0.2) is 6.10 Å². The SMILES string of the molecule is CCC(Oc1c(C)cc(C(C)(C)CC)cc1C(C)(C)CC)C(=O)Cl. The van der Waals surface area contributed by atoms with Gasteiger partial charge in [-0.1, -0.05) is 60.6 Å². The Morgan fingerprint density at radius 3 is 2.04 bits per heavy atom. The second kappa shape index (κ2) is 7.91. The Bertz CT molecular complexity index is 588. The minimum absolute atomic E-state index is 0.0342. The molecular weight excluding hydrogens is 320 g/mol. The van der Waals surface area contributed by atoms with Crippen LogP contribution in [0.4, 0.5) is 0 Å². The lowest BCUT2D eigenvalue weighted by Gasteiger charge is -2.32. The van der Waals surface area contributed by atoms with Gasteiger partial charge in [-0.15, -0.1) is 0 Å². The highest BCUT2D eigenvalue weighted by molar-refractivity contribution is 6.64. The van der Waals surface area contributed by atoms with Gasteiger partial charge in [0.1, 0.15) is 5.75 Å². The number of carbonyl (C=O) groups is 1. The number of hydrogen-bond acceptors (Lipinski definition) is 2. The van der Waals surface area contributed by atoms with Crippen molar-refractivity contribution in [2.45, 2.75) is 91.6 Å². The molecule has 1 unspecified atom stereocenters. The van der Waals surface area contributed by atoms with Crippen molar-refractivity contribution in [3.63, 3.8) is 0 Å². The average molecular weight is 353 g/mol. The lowest BCUT2D eigenvalue weighted by molar-refractivity contribution is -0.118. The molecule has 136 valence electrons. The van der Waals surface area contributed by atoms with Gasteiger partial charge in [0.05, 0.1) is 0 Å². The minimum Gasteiger partial charge on any atom is -0.481 e. The second-order valence-corrected chi connectivity index (χ2v) is 8.34. The lowest BCUT2D eigenvalue weighted by atomic mass is 9.75. The van der Waals surface area contributed by atoms with Crippen molar-refractivity contribution in [1.29, 1.82) is 0 Å². The predicted molar refractivity (Wildman–Crippen MR) is 103 cm³/mol. The quantitative estimate of drug-likeness (QED) is 0.513. The summed E-state index contributed by atoms with van der Waals surface area (Å²) in [5, 5.41) is -0.435. The minimum atomic E-state index is -0.596. The van der Waals surface area contributed by atoms with Gasteiger partial charge >= 0.3 is 0 Å². The third-order valence-corrected chi connectivity index (χ3v) is 5.68. The van der Waals surface area contributed by atoms with Gasteiger partial charge in [0.2, 0.25) is 0 Å². The summed E-state index contributed by atoms with van der Waals surface area (Å²) in [7, 11) is 0. The fourth-order valence-electron chi connectivity index (χ4n) is 2.65. The fraction of sp³-hybridized carbons (Fsp3) is 0.667. The summed E-state index contributed by atoms with van der Waals surface area (Å²) in [6.07, 6.45) is 2.03. The van der Waals surface area contributed by atoms with Crippen LogP contribution in [-0.2, 0) is 15.6 Å². The molecule has 0 fully saturated rings. The van der Waals surface area contributed by atoms with Crippen LogP contribution in [0.25, 0.3) is 0 Å². The third-order valence-electron chi connectivity index (χ3n) is 5.44. The molecule has 0 aliphatic carbocycles. The molecule has 0 saturated heterocycles. The Morgan fingerprint density at radius 1 is 1.08 bits per heavy atom. The van der Waals surface area contributed by atoms with Gasteiger partial charge in [0, 0.05) is 5.56 Å². The zero-order chi connectivity index (χ0) is 18.7. The van der Waals surface area contributed by atoms with Crippen LogP contribution in [0.5, 0.6) is 5.75 Å². The van der Waals surface area contributed by atoms with Gasteiger partial charge in [-0.2, -0.15) is 0 Å². The van der Waals surface area contributed by atoms with Crippen LogP contribution < -0.4 is 4.74 Å². The number of halogens is 1. The molecule has 1 aromatic rings. The Morgan fingerprint density at radius 2 is 1.62 bits per heavy atom. The molecule has 0 radical (unpaired) electrons. The van der Waals surface area contributed by atoms with Gasteiger partial charge in [0.25, 0.3) is 5.24 Å². The molecule has 0 bridgehead atoms. The fourth-order valence-corrected chi connectivity index (χ4v) is 2.85. The Labute approximate surface area is 152 Å².